The summed E-state index contributed by atoms with van der Waals surface area (Å²) in [6.07, 6.45) is 0. The summed E-state index contributed by atoms with van der Waals surface area (Å²) in [5, 5.41) is 9.78. The highest BCUT2D eigenvalue weighted by atomic mass is 35.5. The molecule has 5 heteroatoms. The van der Waals surface area contributed by atoms with Crippen LogP contribution in [0.3, 0.4) is 0 Å². The molecule has 0 spiro atoms. The van der Waals surface area contributed by atoms with Crippen molar-refractivity contribution in [3.8, 4) is 0 Å². The van der Waals surface area contributed by atoms with Crippen molar-refractivity contribution in [3.63, 3.8) is 0 Å². The minimum atomic E-state index is -1.26. The van der Waals surface area contributed by atoms with Gasteiger partial charge in [0.25, 0.3) is 5.56 Å². The number of aromatic nitrogens is 1. The summed E-state index contributed by atoms with van der Waals surface area (Å²) < 4.78 is 0. The number of carbonyl (C=O) groups is 1. The Morgan fingerprint density at radius 1 is 1.44 bits per heavy atom. The largest absolute Gasteiger partial charge is 0.477 e. The SMILES string of the molecule is Cc1ccc(Cl)c2cc(C(=O)O)c(=O)[nH]c12. The van der Waals surface area contributed by atoms with E-state index in [4.69, 9.17) is 16.7 Å². The second-order valence-corrected chi connectivity index (χ2v) is 3.88. The van der Waals surface area contributed by atoms with E-state index in [-0.39, 0.29) is 5.56 Å². The highest BCUT2D eigenvalue weighted by molar-refractivity contribution is 6.35. The van der Waals surface area contributed by atoms with E-state index in [1.54, 1.807) is 12.1 Å². The van der Waals surface area contributed by atoms with Gasteiger partial charge in [0.2, 0.25) is 0 Å². The Bertz CT molecular complexity index is 645. The van der Waals surface area contributed by atoms with E-state index in [1.165, 1.54) is 6.07 Å². The number of carboxylic acid groups (broad SMARTS) is 1. The van der Waals surface area contributed by atoms with Crippen LogP contribution >= 0.6 is 11.6 Å². The summed E-state index contributed by atoms with van der Waals surface area (Å²) in [5.74, 6) is -1.26. The summed E-state index contributed by atoms with van der Waals surface area (Å²) in [6.45, 7) is 1.81. The van der Waals surface area contributed by atoms with Crippen molar-refractivity contribution in [2.45, 2.75) is 6.92 Å². The number of aromatic amines is 1. The Kier molecular flexibility index (Phi) is 2.44. The predicted molar refractivity (Wildman–Crippen MR) is 61.3 cm³/mol. The fourth-order valence-electron chi connectivity index (χ4n) is 1.56. The van der Waals surface area contributed by atoms with Crippen LogP contribution in [0.1, 0.15) is 15.9 Å². The second kappa shape index (κ2) is 3.64. The zero-order valence-electron chi connectivity index (χ0n) is 8.37. The molecule has 0 aliphatic heterocycles. The molecule has 0 saturated carbocycles. The molecule has 2 N–H and O–H groups in total. The molecule has 4 nitrogen and oxygen atoms in total. The van der Waals surface area contributed by atoms with Crippen LogP contribution in [-0.2, 0) is 0 Å². The zero-order valence-corrected chi connectivity index (χ0v) is 9.13. The van der Waals surface area contributed by atoms with Gasteiger partial charge in [-0.25, -0.2) is 4.79 Å². The van der Waals surface area contributed by atoms with Gasteiger partial charge in [0.15, 0.2) is 0 Å². The number of benzene rings is 1. The maximum absolute atomic E-state index is 11.5. The normalized spacial score (nSPS) is 10.6. The molecule has 0 bridgehead atoms. The number of rotatable bonds is 1. The number of H-pyrrole nitrogens is 1. The van der Waals surface area contributed by atoms with Gasteiger partial charge in [0.05, 0.1) is 5.52 Å². The van der Waals surface area contributed by atoms with Gasteiger partial charge >= 0.3 is 5.97 Å². The van der Waals surface area contributed by atoms with Gasteiger partial charge in [-0.2, -0.15) is 0 Å². The Morgan fingerprint density at radius 2 is 2.12 bits per heavy atom. The average Bonchev–Trinajstić information content (AvgIpc) is 2.23. The first kappa shape index (κ1) is 10.7. The number of fused-ring (bicyclic) bond motifs is 1. The van der Waals surface area contributed by atoms with Crippen molar-refractivity contribution in [2.75, 3.05) is 0 Å². The van der Waals surface area contributed by atoms with Gasteiger partial charge < -0.3 is 10.1 Å². The molecule has 2 rings (SSSR count). The van der Waals surface area contributed by atoms with E-state index in [2.05, 4.69) is 4.98 Å². The number of carboxylic acids is 1. The van der Waals surface area contributed by atoms with Crippen molar-refractivity contribution in [2.24, 2.45) is 0 Å². The Hall–Kier alpha value is -1.81. The van der Waals surface area contributed by atoms with Gasteiger partial charge in [-0.05, 0) is 24.6 Å². The van der Waals surface area contributed by atoms with E-state index >= 15 is 0 Å². The van der Waals surface area contributed by atoms with Gasteiger partial charge in [-0.3, -0.25) is 4.79 Å². The molecule has 0 unspecified atom stereocenters. The molecule has 0 amide bonds. The first-order chi connectivity index (χ1) is 7.50. The van der Waals surface area contributed by atoms with Gasteiger partial charge in [-0.1, -0.05) is 17.7 Å². The van der Waals surface area contributed by atoms with E-state index in [0.29, 0.717) is 15.9 Å². The molecule has 1 heterocycles. The van der Waals surface area contributed by atoms with Crippen molar-refractivity contribution >= 4 is 28.5 Å². The Balaban J connectivity index is 2.95. The lowest BCUT2D eigenvalue weighted by molar-refractivity contribution is 0.0695. The number of halogens is 1. The molecule has 0 aliphatic carbocycles. The van der Waals surface area contributed by atoms with Crippen molar-refractivity contribution in [3.05, 3.63) is 44.7 Å². The molecule has 82 valence electrons. The molecule has 2 aromatic rings. The molecule has 16 heavy (non-hydrogen) atoms. The lowest BCUT2D eigenvalue weighted by atomic mass is 10.1. The lowest BCUT2D eigenvalue weighted by Crippen LogP contribution is -2.17. The summed E-state index contributed by atoms with van der Waals surface area (Å²) in [5.41, 5.74) is 0.487. The molecule has 1 aromatic carbocycles. The van der Waals surface area contributed by atoms with Crippen LogP contribution in [0.2, 0.25) is 5.02 Å². The third-order valence-corrected chi connectivity index (χ3v) is 2.73. The fraction of sp³-hybridized carbons (Fsp3) is 0.0909. The average molecular weight is 238 g/mol. The molecule has 0 atom stereocenters. The van der Waals surface area contributed by atoms with Crippen molar-refractivity contribution < 1.29 is 9.90 Å². The Labute approximate surface area is 95.5 Å². The van der Waals surface area contributed by atoms with Crippen LogP contribution in [0.5, 0.6) is 0 Å². The monoisotopic (exact) mass is 237 g/mol. The summed E-state index contributed by atoms with van der Waals surface area (Å²) in [7, 11) is 0. The first-order valence-corrected chi connectivity index (χ1v) is 4.94. The summed E-state index contributed by atoms with van der Waals surface area (Å²) in [4.78, 5) is 24.8. The van der Waals surface area contributed by atoms with E-state index in [1.807, 2.05) is 6.92 Å². The topological polar surface area (TPSA) is 70.2 Å². The van der Waals surface area contributed by atoms with Crippen LogP contribution in [-0.4, -0.2) is 16.1 Å². The van der Waals surface area contributed by atoms with E-state index < -0.39 is 11.5 Å². The maximum Gasteiger partial charge on any atom is 0.341 e. The molecule has 0 aliphatic rings. The molecule has 0 fully saturated rings. The van der Waals surface area contributed by atoms with Crippen LogP contribution in [0.15, 0.2) is 23.0 Å². The number of hydrogen-bond donors (Lipinski definition) is 2. The number of pyridine rings is 1. The second-order valence-electron chi connectivity index (χ2n) is 3.47. The first-order valence-electron chi connectivity index (χ1n) is 4.56. The number of nitrogens with one attached hydrogen (secondary N) is 1. The number of hydrogen-bond acceptors (Lipinski definition) is 2. The molecule has 1 aromatic heterocycles. The predicted octanol–water partition coefficient (Wildman–Crippen LogP) is 2.19. The maximum atomic E-state index is 11.5. The standard InChI is InChI=1S/C11H8ClNO3/c1-5-2-3-8(12)6-4-7(11(15)16)10(14)13-9(5)6/h2-4H,1H3,(H,13,14)(H,15,16). The fourth-order valence-corrected chi connectivity index (χ4v) is 1.77. The van der Waals surface area contributed by atoms with E-state index in [9.17, 15) is 9.59 Å². The van der Waals surface area contributed by atoms with Crippen LogP contribution in [0, 0.1) is 6.92 Å². The number of aromatic carboxylic acids is 1. The summed E-state index contributed by atoms with van der Waals surface area (Å²) in [6, 6.07) is 4.73. The smallest absolute Gasteiger partial charge is 0.341 e. The molecular formula is C11H8ClNO3. The number of aryl methyl sites for hydroxylation is 1. The lowest BCUT2D eigenvalue weighted by Gasteiger charge is -2.04. The Morgan fingerprint density at radius 3 is 2.75 bits per heavy atom. The van der Waals surface area contributed by atoms with Crippen LogP contribution in [0.25, 0.3) is 10.9 Å². The molecule has 0 saturated heterocycles. The van der Waals surface area contributed by atoms with Crippen LogP contribution in [0.4, 0.5) is 0 Å². The highest BCUT2D eigenvalue weighted by Gasteiger charge is 2.12. The summed E-state index contributed by atoms with van der Waals surface area (Å²) >= 11 is 5.94. The zero-order chi connectivity index (χ0) is 11.9. The van der Waals surface area contributed by atoms with Gasteiger partial charge in [0, 0.05) is 10.4 Å². The van der Waals surface area contributed by atoms with E-state index in [0.717, 1.165) is 5.56 Å². The molecule has 0 radical (unpaired) electrons. The third kappa shape index (κ3) is 1.57. The minimum Gasteiger partial charge on any atom is -0.477 e. The minimum absolute atomic E-state index is 0.306. The third-order valence-electron chi connectivity index (χ3n) is 2.40. The van der Waals surface area contributed by atoms with Crippen molar-refractivity contribution in [1.29, 1.82) is 0 Å². The quantitative estimate of drug-likeness (QED) is 0.799. The van der Waals surface area contributed by atoms with Gasteiger partial charge in [0.1, 0.15) is 5.56 Å². The highest BCUT2D eigenvalue weighted by Crippen LogP contribution is 2.24. The van der Waals surface area contributed by atoms with Crippen LogP contribution < -0.4 is 5.56 Å². The van der Waals surface area contributed by atoms with Gasteiger partial charge in [-0.15, -0.1) is 0 Å². The van der Waals surface area contributed by atoms with Crippen molar-refractivity contribution in [1.82, 2.24) is 4.98 Å². The molecular weight excluding hydrogens is 230 g/mol.